The minimum Gasteiger partial charge on any atom is -0.324 e. The minimum atomic E-state index is -0.457. The zero-order chi connectivity index (χ0) is 19.6. The molecule has 1 saturated heterocycles. The van der Waals surface area contributed by atoms with Gasteiger partial charge >= 0.3 is 0 Å². The summed E-state index contributed by atoms with van der Waals surface area (Å²) in [6.07, 6.45) is 1.65. The molecule has 5 nitrogen and oxygen atoms in total. The van der Waals surface area contributed by atoms with Gasteiger partial charge < -0.3 is 5.32 Å². The monoisotopic (exact) mass is 444 g/mol. The molecule has 27 heavy (non-hydrogen) atoms. The van der Waals surface area contributed by atoms with Gasteiger partial charge in [-0.1, -0.05) is 46.3 Å². The zero-order valence-corrected chi connectivity index (χ0v) is 17.2. The number of anilines is 1. The van der Waals surface area contributed by atoms with Crippen LogP contribution in [0.3, 0.4) is 0 Å². The Morgan fingerprint density at radius 3 is 2.48 bits per heavy atom. The van der Waals surface area contributed by atoms with Gasteiger partial charge in [-0.3, -0.25) is 19.3 Å². The summed E-state index contributed by atoms with van der Waals surface area (Å²) in [6, 6.07) is 13.1. The highest BCUT2D eigenvalue weighted by atomic mass is 79.9. The van der Waals surface area contributed by atoms with Crippen LogP contribution in [0.1, 0.15) is 16.7 Å². The Balaban J connectivity index is 1.73. The van der Waals surface area contributed by atoms with Crippen molar-refractivity contribution in [3.8, 4) is 0 Å². The van der Waals surface area contributed by atoms with Gasteiger partial charge in [0.05, 0.1) is 4.91 Å². The molecule has 3 amide bonds. The van der Waals surface area contributed by atoms with Gasteiger partial charge in [-0.15, -0.1) is 0 Å². The largest absolute Gasteiger partial charge is 0.324 e. The van der Waals surface area contributed by atoms with Crippen LogP contribution in [0, 0.1) is 13.8 Å². The summed E-state index contributed by atoms with van der Waals surface area (Å²) in [7, 11) is 0. The lowest BCUT2D eigenvalue weighted by Gasteiger charge is -2.15. The second-order valence-corrected chi connectivity index (χ2v) is 8.05. The van der Waals surface area contributed by atoms with Crippen molar-refractivity contribution in [1.29, 1.82) is 0 Å². The second-order valence-electron chi connectivity index (χ2n) is 6.14. The summed E-state index contributed by atoms with van der Waals surface area (Å²) >= 11 is 4.22. The van der Waals surface area contributed by atoms with E-state index in [1.165, 1.54) is 0 Å². The SMILES string of the molecule is Cc1cccc(C)c1NC(=O)CN1C(=O)S/C(=C/c2cccc(Br)c2)C1=O. The van der Waals surface area contributed by atoms with Crippen LogP contribution in [0.5, 0.6) is 0 Å². The lowest BCUT2D eigenvalue weighted by Crippen LogP contribution is -2.36. The standard InChI is InChI=1S/C20H17BrN2O3S/c1-12-5-3-6-13(2)18(12)22-17(24)11-23-19(25)16(27-20(23)26)10-14-7-4-8-15(21)9-14/h3-10H,11H2,1-2H3,(H,22,24)/b16-10+. The predicted octanol–water partition coefficient (Wildman–Crippen LogP) is 4.74. The molecule has 1 N–H and O–H groups in total. The fraction of sp³-hybridized carbons (Fsp3) is 0.150. The Bertz CT molecular complexity index is 951. The number of carbonyl (C=O) groups excluding carboxylic acids is 3. The molecule has 7 heteroatoms. The van der Waals surface area contributed by atoms with E-state index in [4.69, 9.17) is 0 Å². The molecule has 0 saturated carbocycles. The molecule has 1 aliphatic heterocycles. The van der Waals surface area contributed by atoms with Crippen LogP contribution in [0.25, 0.3) is 6.08 Å². The molecule has 0 aliphatic carbocycles. The highest BCUT2D eigenvalue weighted by Crippen LogP contribution is 2.32. The molecule has 0 bridgehead atoms. The first-order valence-corrected chi connectivity index (χ1v) is 9.83. The molecule has 1 fully saturated rings. The Kier molecular flexibility index (Phi) is 5.82. The van der Waals surface area contributed by atoms with Gasteiger partial charge in [-0.2, -0.15) is 0 Å². The summed E-state index contributed by atoms with van der Waals surface area (Å²) in [6.45, 7) is 3.47. The first-order chi connectivity index (χ1) is 12.8. The van der Waals surface area contributed by atoms with Crippen molar-refractivity contribution in [2.75, 3.05) is 11.9 Å². The van der Waals surface area contributed by atoms with Gasteiger partial charge in [0, 0.05) is 10.2 Å². The molecule has 0 atom stereocenters. The van der Waals surface area contributed by atoms with E-state index in [1.54, 1.807) is 6.08 Å². The number of nitrogens with zero attached hydrogens (tertiary/aromatic N) is 1. The average molecular weight is 445 g/mol. The maximum Gasteiger partial charge on any atom is 0.294 e. The van der Waals surface area contributed by atoms with E-state index in [-0.39, 0.29) is 6.54 Å². The van der Waals surface area contributed by atoms with Gasteiger partial charge in [0.25, 0.3) is 11.1 Å². The van der Waals surface area contributed by atoms with Crippen LogP contribution in [0.4, 0.5) is 10.5 Å². The molecular formula is C20H17BrN2O3S. The molecule has 0 spiro atoms. The van der Waals surface area contributed by atoms with E-state index < -0.39 is 17.1 Å². The smallest absolute Gasteiger partial charge is 0.294 e. The van der Waals surface area contributed by atoms with Crippen molar-refractivity contribution in [3.63, 3.8) is 0 Å². The van der Waals surface area contributed by atoms with Crippen LogP contribution in [-0.2, 0) is 9.59 Å². The Hall–Kier alpha value is -2.38. The summed E-state index contributed by atoms with van der Waals surface area (Å²) < 4.78 is 0.878. The van der Waals surface area contributed by atoms with Crippen LogP contribution in [-0.4, -0.2) is 28.5 Å². The molecule has 0 aromatic heterocycles. The molecule has 1 heterocycles. The van der Waals surface area contributed by atoms with Gasteiger partial charge in [-0.25, -0.2) is 0 Å². The number of halogens is 1. The Morgan fingerprint density at radius 2 is 1.81 bits per heavy atom. The van der Waals surface area contributed by atoms with Gasteiger partial charge in [0.15, 0.2) is 0 Å². The molecule has 0 radical (unpaired) electrons. The van der Waals surface area contributed by atoms with Crippen molar-refractivity contribution < 1.29 is 14.4 Å². The van der Waals surface area contributed by atoms with E-state index in [9.17, 15) is 14.4 Å². The number of benzene rings is 2. The first-order valence-electron chi connectivity index (χ1n) is 8.22. The number of amides is 3. The van der Waals surface area contributed by atoms with Crippen molar-refractivity contribution in [3.05, 3.63) is 68.5 Å². The maximum atomic E-state index is 12.6. The molecule has 138 valence electrons. The number of rotatable bonds is 4. The first kappa shape index (κ1) is 19.4. The number of nitrogens with one attached hydrogen (secondary N) is 1. The molecule has 0 unspecified atom stereocenters. The fourth-order valence-corrected chi connectivity index (χ4v) is 3.97. The van der Waals surface area contributed by atoms with Crippen molar-refractivity contribution in [2.24, 2.45) is 0 Å². The molecule has 3 rings (SSSR count). The molecule has 2 aromatic carbocycles. The lowest BCUT2D eigenvalue weighted by molar-refractivity contribution is -0.127. The van der Waals surface area contributed by atoms with Crippen LogP contribution < -0.4 is 5.32 Å². The quantitative estimate of drug-likeness (QED) is 0.691. The number of aryl methyl sites for hydroxylation is 2. The van der Waals surface area contributed by atoms with Crippen LogP contribution in [0.2, 0.25) is 0 Å². The van der Waals surface area contributed by atoms with Gasteiger partial charge in [0.2, 0.25) is 5.91 Å². The van der Waals surface area contributed by atoms with E-state index in [2.05, 4.69) is 21.2 Å². The number of imide groups is 1. The summed E-state index contributed by atoms with van der Waals surface area (Å²) in [5, 5.41) is 2.35. The number of thioether (sulfide) groups is 1. The summed E-state index contributed by atoms with van der Waals surface area (Å²) in [5.74, 6) is -0.861. The third-order valence-electron chi connectivity index (χ3n) is 4.07. The highest BCUT2D eigenvalue weighted by Gasteiger charge is 2.36. The summed E-state index contributed by atoms with van der Waals surface area (Å²) in [4.78, 5) is 38.4. The van der Waals surface area contributed by atoms with E-state index >= 15 is 0 Å². The molecular weight excluding hydrogens is 428 g/mol. The van der Waals surface area contributed by atoms with Crippen molar-refractivity contribution >= 4 is 56.5 Å². The molecule has 2 aromatic rings. The second kappa shape index (κ2) is 8.10. The highest BCUT2D eigenvalue weighted by molar-refractivity contribution is 9.10. The van der Waals surface area contributed by atoms with E-state index in [1.807, 2.05) is 56.3 Å². The van der Waals surface area contributed by atoms with Crippen molar-refractivity contribution in [1.82, 2.24) is 4.90 Å². The number of para-hydroxylation sites is 1. The third-order valence-corrected chi connectivity index (χ3v) is 5.47. The third kappa shape index (κ3) is 4.48. The van der Waals surface area contributed by atoms with Gasteiger partial charge in [0.1, 0.15) is 6.54 Å². The zero-order valence-electron chi connectivity index (χ0n) is 14.8. The van der Waals surface area contributed by atoms with E-state index in [0.717, 1.165) is 37.8 Å². The average Bonchev–Trinajstić information content (AvgIpc) is 2.86. The Labute approximate surface area is 169 Å². The topological polar surface area (TPSA) is 66.5 Å². The maximum absolute atomic E-state index is 12.6. The lowest BCUT2D eigenvalue weighted by atomic mass is 10.1. The van der Waals surface area contributed by atoms with Gasteiger partial charge in [-0.05, 0) is 60.5 Å². The number of hydrogen-bond donors (Lipinski definition) is 1. The number of carbonyl (C=O) groups is 3. The van der Waals surface area contributed by atoms with Crippen LogP contribution >= 0.6 is 27.7 Å². The van der Waals surface area contributed by atoms with E-state index in [0.29, 0.717) is 10.6 Å². The normalized spacial score (nSPS) is 15.5. The molecule has 1 aliphatic rings. The van der Waals surface area contributed by atoms with Crippen LogP contribution in [0.15, 0.2) is 51.8 Å². The predicted molar refractivity (Wildman–Crippen MR) is 111 cm³/mol. The Morgan fingerprint density at radius 1 is 1.15 bits per heavy atom. The number of hydrogen-bond acceptors (Lipinski definition) is 4. The minimum absolute atomic E-state index is 0.304. The fourth-order valence-electron chi connectivity index (χ4n) is 2.72. The summed E-state index contributed by atoms with van der Waals surface area (Å²) in [5.41, 5.74) is 3.35. The van der Waals surface area contributed by atoms with Crippen molar-refractivity contribution in [2.45, 2.75) is 13.8 Å².